The van der Waals surface area contributed by atoms with Crippen molar-refractivity contribution in [1.82, 2.24) is 20.0 Å². The number of piperazine rings is 1. The predicted molar refractivity (Wildman–Crippen MR) is 125 cm³/mol. The molecule has 2 N–H and O–H groups in total. The molecule has 2 aliphatic heterocycles. The molecule has 8 heteroatoms. The minimum atomic E-state index is -0.319. The van der Waals surface area contributed by atoms with Gasteiger partial charge in [0, 0.05) is 49.2 Å². The first-order chi connectivity index (χ1) is 16.1. The summed E-state index contributed by atoms with van der Waals surface area (Å²) in [6.07, 6.45) is 4.12. The number of benzene rings is 2. The van der Waals surface area contributed by atoms with Crippen LogP contribution in [0.4, 0.5) is 5.69 Å². The first-order valence-corrected chi connectivity index (χ1v) is 11.2. The van der Waals surface area contributed by atoms with Gasteiger partial charge in [-0.25, -0.2) is 0 Å². The number of H-pyrrole nitrogens is 1. The van der Waals surface area contributed by atoms with Gasteiger partial charge < -0.3 is 19.9 Å². The molecule has 3 heterocycles. The van der Waals surface area contributed by atoms with E-state index in [9.17, 15) is 9.59 Å². The number of hydrogen-bond acceptors (Lipinski definition) is 5. The number of aromatic nitrogens is 2. The number of hydrogen-bond donors (Lipinski definition) is 2. The average Bonchev–Trinajstić information content (AvgIpc) is 3.39. The van der Waals surface area contributed by atoms with E-state index in [2.05, 4.69) is 27.5 Å². The number of amides is 2. The Morgan fingerprint density at radius 2 is 1.85 bits per heavy atom. The third kappa shape index (κ3) is 4.61. The zero-order valence-corrected chi connectivity index (χ0v) is 18.6. The van der Waals surface area contributed by atoms with Crippen LogP contribution < -0.4 is 10.1 Å². The number of nitrogens with zero attached hydrogens (tertiary/aromatic N) is 3. The number of carbonyl (C=O) groups is 2. The van der Waals surface area contributed by atoms with Crippen molar-refractivity contribution >= 4 is 17.5 Å². The van der Waals surface area contributed by atoms with Gasteiger partial charge in [0.25, 0.3) is 5.91 Å². The monoisotopic (exact) mass is 445 g/mol. The average molecular weight is 446 g/mol. The van der Waals surface area contributed by atoms with Crippen LogP contribution in [0.2, 0.25) is 0 Å². The maximum absolute atomic E-state index is 12.9. The molecule has 0 radical (unpaired) electrons. The van der Waals surface area contributed by atoms with Gasteiger partial charge in [-0.05, 0) is 54.9 Å². The molecule has 3 aromatic rings. The molecule has 2 amide bonds. The van der Waals surface area contributed by atoms with Crippen molar-refractivity contribution in [2.24, 2.45) is 5.92 Å². The van der Waals surface area contributed by atoms with Gasteiger partial charge in [0.05, 0.1) is 12.1 Å². The minimum absolute atomic E-state index is 0.0372. The topological polar surface area (TPSA) is 90.6 Å². The van der Waals surface area contributed by atoms with Crippen LogP contribution >= 0.6 is 0 Å². The summed E-state index contributed by atoms with van der Waals surface area (Å²) in [5.74, 6) is 0.376. The number of fused-ring (bicyclic) bond motifs is 1. The molecule has 5 rings (SSSR count). The lowest BCUT2D eigenvalue weighted by Gasteiger charge is -2.32. The molecule has 0 spiro atoms. The Morgan fingerprint density at radius 1 is 1.06 bits per heavy atom. The first kappa shape index (κ1) is 21.2. The smallest absolute Gasteiger partial charge is 0.253 e. The maximum Gasteiger partial charge on any atom is 0.253 e. The van der Waals surface area contributed by atoms with Crippen molar-refractivity contribution in [1.29, 1.82) is 0 Å². The SMILES string of the molecule is CN1CCN(C(=O)c2ccc3c(c2)CC(C(=O)Nc2ccc(-c4cn[nH]c4)cc2)CO3)CC1. The van der Waals surface area contributed by atoms with E-state index >= 15 is 0 Å². The molecule has 33 heavy (non-hydrogen) atoms. The molecule has 1 fully saturated rings. The van der Waals surface area contributed by atoms with E-state index in [1.165, 1.54) is 0 Å². The molecular weight excluding hydrogens is 418 g/mol. The molecule has 8 nitrogen and oxygen atoms in total. The third-order valence-corrected chi connectivity index (χ3v) is 6.36. The van der Waals surface area contributed by atoms with Crippen LogP contribution in [0, 0.1) is 5.92 Å². The summed E-state index contributed by atoms with van der Waals surface area (Å²) < 4.78 is 5.85. The van der Waals surface area contributed by atoms with E-state index in [1.54, 1.807) is 6.20 Å². The molecule has 0 saturated carbocycles. The Balaban J connectivity index is 1.24. The molecule has 2 aromatic carbocycles. The van der Waals surface area contributed by atoms with Gasteiger partial charge in [-0.1, -0.05) is 12.1 Å². The van der Waals surface area contributed by atoms with Crippen molar-refractivity contribution < 1.29 is 14.3 Å². The van der Waals surface area contributed by atoms with Crippen molar-refractivity contribution in [2.45, 2.75) is 6.42 Å². The molecule has 0 aliphatic carbocycles. The Labute approximate surface area is 192 Å². The second kappa shape index (κ2) is 9.07. The van der Waals surface area contributed by atoms with Gasteiger partial charge in [0.1, 0.15) is 12.4 Å². The quantitative estimate of drug-likeness (QED) is 0.644. The van der Waals surface area contributed by atoms with Gasteiger partial charge in [-0.15, -0.1) is 0 Å². The molecule has 0 bridgehead atoms. The Morgan fingerprint density at radius 3 is 2.58 bits per heavy atom. The number of rotatable bonds is 4. The molecule has 1 aromatic heterocycles. The summed E-state index contributed by atoms with van der Waals surface area (Å²) in [6.45, 7) is 3.54. The van der Waals surface area contributed by atoms with Crippen LogP contribution in [0.5, 0.6) is 5.75 Å². The fourth-order valence-corrected chi connectivity index (χ4v) is 4.29. The molecular formula is C25H27N5O3. The summed E-state index contributed by atoms with van der Waals surface area (Å²) >= 11 is 0. The van der Waals surface area contributed by atoms with E-state index in [-0.39, 0.29) is 17.7 Å². The minimum Gasteiger partial charge on any atom is -0.492 e. The largest absolute Gasteiger partial charge is 0.492 e. The summed E-state index contributed by atoms with van der Waals surface area (Å²) in [5, 5.41) is 9.75. The number of ether oxygens (including phenoxy) is 1. The summed E-state index contributed by atoms with van der Waals surface area (Å²) in [4.78, 5) is 30.0. The number of nitrogens with one attached hydrogen (secondary N) is 2. The van der Waals surface area contributed by atoms with E-state index in [4.69, 9.17) is 4.74 Å². The second-order valence-corrected chi connectivity index (χ2v) is 8.68. The fraction of sp³-hybridized carbons (Fsp3) is 0.320. The van der Waals surface area contributed by atoms with E-state index < -0.39 is 0 Å². The van der Waals surface area contributed by atoms with E-state index in [0.29, 0.717) is 18.6 Å². The Bertz CT molecular complexity index is 1140. The highest BCUT2D eigenvalue weighted by atomic mass is 16.5. The van der Waals surface area contributed by atoms with E-state index in [1.807, 2.05) is 53.6 Å². The third-order valence-electron chi connectivity index (χ3n) is 6.36. The van der Waals surface area contributed by atoms with Crippen molar-refractivity contribution in [3.63, 3.8) is 0 Å². The number of carbonyl (C=O) groups excluding carboxylic acids is 2. The normalized spacial score (nSPS) is 18.3. The molecule has 1 atom stereocenters. The van der Waals surface area contributed by atoms with Crippen LogP contribution in [0.25, 0.3) is 11.1 Å². The number of anilines is 1. The van der Waals surface area contributed by atoms with Crippen molar-refractivity contribution in [3.05, 3.63) is 66.0 Å². The van der Waals surface area contributed by atoms with Gasteiger partial charge >= 0.3 is 0 Å². The zero-order chi connectivity index (χ0) is 22.8. The number of likely N-dealkylation sites (N-methyl/N-ethyl adjacent to an activating group) is 1. The standard InChI is InChI=1S/C25H27N5O3/c1-29-8-10-30(11-9-29)25(32)18-4-7-23-19(12-18)13-20(16-33-23)24(31)28-22-5-2-17(3-6-22)21-14-26-27-15-21/h2-7,12,14-15,20H,8-11,13,16H2,1H3,(H,26,27)(H,28,31). The highest BCUT2D eigenvalue weighted by molar-refractivity contribution is 5.95. The van der Waals surface area contributed by atoms with Gasteiger partial charge in [-0.3, -0.25) is 14.7 Å². The molecule has 1 unspecified atom stereocenters. The van der Waals surface area contributed by atoms with Crippen LogP contribution in [0.3, 0.4) is 0 Å². The molecule has 1 saturated heterocycles. The molecule has 170 valence electrons. The highest BCUT2D eigenvalue weighted by Crippen LogP contribution is 2.30. The molecule has 2 aliphatic rings. The Hall–Kier alpha value is -3.65. The second-order valence-electron chi connectivity index (χ2n) is 8.68. The fourth-order valence-electron chi connectivity index (χ4n) is 4.29. The first-order valence-electron chi connectivity index (χ1n) is 11.2. The lowest BCUT2D eigenvalue weighted by atomic mass is 9.94. The number of aromatic amines is 1. The van der Waals surface area contributed by atoms with Crippen LogP contribution in [0.15, 0.2) is 54.9 Å². The maximum atomic E-state index is 12.9. The predicted octanol–water partition coefficient (Wildman–Crippen LogP) is 2.65. The summed E-state index contributed by atoms with van der Waals surface area (Å²) in [5.41, 5.74) is 4.30. The summed E-state index contributed by atoms with van der Waals surface area (Å²) in [7, 11) is 2.07. The zero-order valence-electron chi connectivity index (χ0n) is 18.6. The van der Waals surface area contributed by atoms with Gasteiger partial charge in [0.2, 0.25) is 5.91 Å². The van der Waals surface area contributed by atoms with Gasteiger partial charge in [0.15, 0.2) is 0 Å². The lowest BCUT2D eigenvalue weighted by molar-refractivity contribution is -0.121. The van der Waals surface area contributed by atoms with Gasteiger partial charge in [-0.2, -0.15) is 5.10 Å². The Kier molecular flexibility index (Phi) is 5.83. The van der Waals surface area contributed by atoms with E-state index in [0.717, 1.165) is 54.3 Å². The van der Waals surface area contributed by atoms with Crippen LogP contribution in [0.1, 0.15) is 15.9 Å². The summed E-state index contributed by atoms with van der Waals surface area (Å²) in [6, 6.07) is 13.2. The van der Waals surface area contributed by atoms with Crippen LogP contribution in [-0.4, -0.2) is 71.6 Å². The highest BCUT2D eigenvalue weighted by Gasteiger charge is 2.28. The van der Waals surface area contributed by atoms with Crippen molar-refractivity contribution in [2.75, 3.05) is 45.2 Å². The van der Waals surface area contributed by atoms with Crippen LogP contribution in [-0.2, 0) is 11.2 Å². The van der Waals surface area contributed by atoms with Crippen molar-refractivity contribution in [3.8, 4) is 16.9 Å². The lowest BCUT2D eigenvalue weighted by Crippen LogP contribution is -2.47.